The molecule has 0 aromatic heterocycles. The lowest BCUT2D eigenvalue weighted by atomic mass is 10.1. The van der Waals surface area contributed by atoms with Crippen LogP contribution in [0.2, 0.25) is 0 Å². The van der Waals surface area contributed by atoms with Gasteiger partial charge in [-0.1, -0.05) is 12.1 Å². The van der Waals surface area contributed by atoms with Crippen LogP contribution in [0.3, 0.4) is 0 Å². The molecule has 0 spiro atoms. The number of hydrazine groups is 1. The normalized spacial score (nSPS) is 12.3. The molecule has 6 N–H and O–H groups in total. The highest BCUT2D eigenvalue weighted by atomic mass is 32.2. The van der Waals surface area contributed by atoms with Gasteiger partial charge in [0.1, 0.15) is 0 Å². The topological polar surface area (TPSA) is 123 Å². The lowest BCUT2D eigenvalue weighted by Crippen LogP contribution is -2.42. The Kier molecular flexibility index (Phi) is 5.08. The van der Waals surface area contributed by atoms with Crippen LogP contribution in [0, 0.1) is 0 Å². The fourth-order valence-electron chi connectivity index (χ4n) is 1.37. The molecule has 0 unspecified atom stereocenters. The smallest absolute Gasteiger partial charge is 0.238 e. The van der Waals surface area contributed by atoms with E-state index in [-0.39, 0.29) is 4.90 Å². The van der Waals surface area contributed by atoms with Gasteiger partial charge in [-0.2, -0.15) is 0 Å². The average Bonchev–Trinajstić information content (AvgIpc) is 2.34. The van der Waals surface area contributed by atoms with E-state index in [4.69, 9.17) is 11.0 Å². The summed E-state index contributed by atoms with van der Waals surface area (Å²) in [5, 5.41) is 7.99. The van der Waals surface area contributed by atoms with Gasteiger partial charge in [0.15, 0.2) is 0 Å². The van der Waals surface area contributed by atoms with E-state index in [1.165, 1.54) is 12.1 Å². The van der Waals surface area contributed by atoms with Crippen molar-refractivity contribution in [3.05, 3.63) is 29.8 Å². The molecule has 1 aromatic carbocycles. The Bertz CT molecular complexity index is 510. The Hall–Kier alpha value is -1.64. The fourth-order valence-corrected chi connectivity index (χ4v) is 1.88. The average molecular weight is 271 g/mol. The number of hydrogen-bond acceptors (Lipinski definition) is 4. The number of aliphatic imine (C=N–C) groups is 1. The maximum absolute atomic E-state index is 11.1. The molecule has 0 aliphatic carbocycles. The van der Waals surface area contributed by atoms with E-state index < -0.39 is 10.0 Å². The zero-order valence-corrected chi connectivity index (χ0v) is 10.9. The molecule has 7 nitrogen and oxygen atoms in total. The number of nitrogens with zero attached hydrogens (tertiary/aromatic N) is 1. The van der Waals surface area contributed by atoms with E-state index in [9.17, 15) is 8.42 Å². The zero-order valence-electron chi connectivity index (χ0n) is 10.1. The van der Waals surface area contributed by atoms with Crippen molar-refractivity contribution in [2.45, 2.75) is 11.3 Å². The molecule has 100 valence electrons. The van der Waals surface area contributed by atoms with E-state index in [2.05, 4.69) is 15.7 Å². The number of nitrogens with two attached hydrogens (primary N) is 2. The molecule has 0 radical (unpaired) electrons. The van der Waals surface area contributed by atoms with Crippen molar-refractivity contribution >= 4 is 16.0 Å². The third-order valence-electron chi connectivity index (χ3n) is 2.32. The second-order valence-electron chi connectivity index (χ2n) is 3.58. The fraction of sp³-hybridized carbons (Fsp3) is 0.300. The molecule has 0 amide bonds. The Morgan fingerprint density at radius 1 is 1.33 bits per heavy atom. The molecule has 0 saturated heterocycles. The summed E-state index contributed by atoms with van der Waals surface area (Å²) >= 11 is 0. The van der Waals surface area contributed by atoms with Gasteiger partial charge in [-0.15, -0.1) is 0 Å². The first-order chi connectivity index (χ1) is 8.47. The van der Waals surface area contributed by atoms with Crippen LogP contribution in [0.4, 0.5) is 0 Å². The number of primary sulfonamides is 1. The van der Waals surface area contributed by atoms with E-state index in [0.29, 0.717) is 18.9 Å². The number of sulfonamides is 1. The third kappa shape index (κ3) is 4.32. The van der Waals surface area contributed by atoms with Gasteiger partial charge in [-0.25, -0.2) is 19.4 Å². The van der Waals surface area contributed by atoms with Crippen molar-refractivity contribution in [3.8, 4) is 0 Å². The number of nitrogens with one attached hydrogen (secondary N) is 2. The molecule has 0 atom stereocenters. The number of hydrogen-bond donors (Lipinski definition) is 4. The molecule has 0 aliphatic heterocycles. The second-order valence-corrected chi connectivity index (χ2v) is 5.14. The van der Waals surface area contributed by atoms with Crippen molar-refractivity contribution in [2.24, 2.45) is 16.0 Å². The zero-order chi connectivity index (χ0) is 13.6. The maximum Gasteiger partial charge on any atom is 0.238 e. The minimum Gasteiger partial charge on any atom is -0.355 e. The van der Waals surface area contributed by atoms with Gasteiger partial charge < -0.3 is 5.32 Å². The van der Waals surface area contributed by atoms with Crippen molar-refractivity contribution < 1.29 is 8.42 Å². The number of guanidine groups is 1. The summed E-state index contributed by atoms with van der Waals surface area (Å²) < 4.78 is 22.1. The summed E-state index contributed by atoms with van der Waals surface area (Å²) in [6, 6.07) is 6.42. The van der Waals surface area contributed by atoms with E-state index in [1.807, 2.05) is 0 Å². The summed E-state index contributed by atoms with van der Waals surface area (Å²) in [4.78, 5) is 3.97. The SMILES string of the molecule is CN=C(NN)NCCc1ccc(S(N)(=O)=O)cc1. The van der Waals surface area contributed by atoms with Crippen LogP contribution in [0.15, 0.2) is 34.2 Å². The minimum atomic E-state index is -3.62. The lowest BCUT2D eigenvalue weighted by molar-refractivity contribution is 0.598. The lowest BCUT2D eigenvalue weighted by Gasteiger charge is -2.08. The molecule has 0 bridgehead atoms. The van der Waals surface area contributed by atoms with Crippen LogP contribution in [0.25, 0.3) is 0 Å². The van der Waals surface area contributed by atoms with Gasteiger partial charge in [-0.05, 0) is 24.1 Å². The summed E-state index contributed by atoms with van der Waals surface area (Å²) in [5.74, 6) is 5.70. The van der Waals surface area contributed by atoms with E-state index in [0.717, 1.165) is 5.56 Å². The molecule has 0 heterocycles. The Labute approximate surface area is 106 Å². The standard InChI is InChI=1S/C10H17N5O2S/c1-13-10(15-11)14-7-6-8-2-4-9(5-3-8)18(12,16)17/h2-5H,6-7,11H2,1H3,(H2,12,16,17)(H2,13,14,15). The largest absolute Gasteiger partial charge is 0.355 e. The summed E-state index contributed by atoms with van der Waals surface area (Å²) in [7, 11) is -2.01. The second kappa shape index (κ2) is 6.34. The Morgan fingerprint density at radius 2 is 1.94 bits per heavy atom. The number of benzene rings is 1. The molecule has 8 heteroatoms. The van der Waals surface area contributed by atoms with Crippen molar-refractivity contribution in [3.63, 3.8) is 0 Å². The molecule has 1 aromatic rings. The predicted molar refractivity (Wildman–Crippen MR) is 70.2 cm³/mol. The van der Waals surface area contributed by atoms with E-state index >= 15 is 0 Å². The quantitative estimate of drug-likeness (QED) is 0.240. The van der Waals surface area contributed by atoms with Crippen LogP contribution >= 0.6 is 0 Å². The molecule has 18 heavy (non-hydrogen) atoms. The summed E-state index contributed by atoms with van der Waals surface area (Å²) in [6.07, 6.45) is 0.714. The van der Waals surface area contributed by atoms with Crippen LogP contribution in [0.1, 0.15) is 5.56 Å². The predicted octanol–water partition coefficient (Wildman–Crippen LogP) is -1.08. The van der Waals surface area contributed by atoms with Crippen molar-refractivity contribution in [1.82, 2.24) is 10.7 Å². The number of rotatable bonds is 4. The summed E-state index contributed by atoms with van der Waals surface area (Å²) in [6.45, 7) is 0.631. The first-order valence-electron chi connectivity index (χ1n) is 5.26. The van der Waals surface area contributed by atoms with Gasteiger partial charge in [0.2, 0.25) is 16.0 Å². The van der Waals surface area contributed by atoms with Crippen LogP contribution in [-0.2, 0) is 16.4 Å². The van der Waals surface area contributed by atoms with Crippen LogP contribution < -0.4 is 21.7 Å². The Balaban J connectivity index is 2.55. The van der Waals surface area contributed by atoms with Crippen LogP contribution in [-0.4, -0.2) is 28.0 Å². The van der Waals surface area contributed by atoms with E-state index in [1.54, 1.807) is 19.2 Å². The molecular weight excluding hydrogens is 254 g/mol. The first-order valence-corrected chi connectivity index (χ1v) is 6.81. The summed E-state index contributed by atoms with van der Waals surface area (Å²) in [5.41, 5.74) is 3.40. The molecular formula is C10H17N5O2S. The molecule has 0 saturated carbocycles. The monoisotopic (exact) mass is 271 g/mol. The minimum absolute atomic E-state index is 0.110. The Morgan fingerprint density at radius 3 is 2.39 bits per heavy atom. The molecule has 0 aliphatic rings. The third-order valence-corrected chi connectivity index (χ3v) is 3.25. The van der Waals surface area contributed by atoms with Crippen molar-refractivity contribution in [2.75, 3.05) is 13.6 Å². The highest BCUT2D eigenvalue weighted by Crippen LogP contribution is 2.08. The van der Waals surface area contributed by atoms with Gasteiger partial charge in [-0.3, -0.25) is 10.4 Å². The maximum atomic E-state index is 11.1. The first kappa shape index (κ1) is 14.4. The van der Waals surface area contributed by atoms with Gasteiger partial charge in [0.05, 0.1) is 4.90 Å². The van der Waals surface area contributed by atoms with Gasteiger partial charge in [0, 0.05) is 13.6 Å². The molecule has 0 fully saturated rings. The van der Waals surface area contributed by atoms with Crippen molar-refractivity contribution in [1.29, 1.82) is 0 Å². The highest BCUT2D eigenvalue weighted by Gasteiger charge is 2.06. The van der Waals surface area contributed by atoms with Gasteiger partial charge >= 0.3 is 0 Å². The van der Waals surface area contributed by atoms with Gasteiger partial charge in [0.25, 0.3) is 0 Å². The molecule has 1 rings (SSSR count). The van der Waals surface area contributed by atoms with Crippen LogP contribution in [0.5, 0.6) is 0 Å². The highest BCUT2D eigenvalue weighted by molar-refractivity contribution is 7.89.